The zero-order valence-electron chi connectivity index (χ0n) is 8.25. The van der Waals surface area contributed by atoms with E-state index in [1.807, 2.05) is 4.90 Å². The van der Waals surface area contributed by atoms with E-state index in [4.69, 9.17) is 0 Å². The second kappa shape index (κ2) is 5.34. The highest BCUT2D eigenvalue weighted by atomic mass is 79.9. The summed E-state index contributed by atoms with van der Waals surface area (Å²) in [5, 5.41) is 2.71. The van der Waals surface area contributed by atoms with Gasteiger partial charge < -0.3 is 10.2 Å². The summed E-state index contributed by atoms with van der Waals surface area (Å²) in [6, 6.07) is 0. The molecule has 1 rings (SSSR count). The quantitative estimate of drug-likeness (QED) is 0.593. The van der Waals surface area contributed by atoms with Crippen molar-refractivity contribution in [3.05, 3.63) is 0 Å². The van der Waals surface area contributed by atoms with Crippen LogP contribution in [-0.2, 0) is 9.59 Å². The number of carbonyl (C=O) groups is 2. The Hall–Kier alpha value is -0.580. The van der Waals surface area contributed by atoms with Gasteiger partial charge >= 0.3 is 0 Å². The first-order valence-corrected chi connectivity index (χ1v) is 5.67. The van der Waals surface area contributed by atoms with Crippen molar-refractivity contribution in [3.63, 3.8) is 0 Å². The lowest BCUT2D eigenvalue weighted by Gasteiger charge is -2.15. The fraction of sp³-hybridized carbons (Fsp3) is 0.778. The Kier molecular flexibility index (Phi) is 4.38. The van der Waals surface area contributed by atoms with E-state index in [-0.39, 0.29) is 11.8 Å². The third kappa shape index (κ3) is 3.65. The van der Waals surface area contributed by atoms with E-state index >= 15 is 0 Å². The molecule has 0 radical (unpaired) electrons. The summed E-state index contributed by atoms with van der Waals surface area (Å²) in [7, 11) is 0. The Balaban J connectivity index is 2.13. The van der Waals surface area contributed by atoms with Crippen molar-refractivity contribution in [2.24, 2.45) is 0 Å². The van der Waals surface area contributed by atoms with Gasteiger partial charge in [-0.1, -0.05) is 15.9 Å². The van der Waals surface area contributed by atoms with Gasteiger partial charge in [0.2, 0.25) is 11.8 Å². The van der Waals surface area contributed by atoms with Gasteiger partial charge in [-0.25, -0.2) is 0 Å². The Morgan fingerprint density at radius 1 is 1.71 bits per heavy atom. The molecule has 1 fully saturated rings. The number of nitrogens with zero attached hydrogens (tertiary/aromatic N) is 1. The van der Waals surface area contributed by atoms with E-state index in [0.717, 1.165) is 19.5 Å². The first-order chi connectivity index (χ1) is 6.59. The molecule has 80 valence electrons. The van der Waals surface area contributed by atoms with E-state index in [1.165, 1.54) is 6.92 Å². The van der Waals surface area contributed by atoms with Crippen LogP contribution in [0, 0.1) is 0 Å². The fourth-order valence-corrected chi connectivity index (χ4v) is 2.10. The van der Waals surface area contributed by atoms with Crippen molar-refractivity contribution in [2.45, 2.75) is 24.6 Å². The molecule has 0 spiro atoms. The van der Waals surface area contributed by atoms with Crippen LogP contribution in [0.5, 0.6) is 0 Å². The van der Waals surface area contributed by atoms with Crippen LogP contribution in [0.3, 0.4) is 0 Å². The summed E-state index contributed by atoms with van der Waals surface area (Å²) < 4.78 is 0. The summed E-state index contributed by atoms with van der Waals surface area (Å²) in [5.74, 6) is 0.186. The number of amides is 2. The fourth-order valence-electron chi connectivity index (χ4n) is 1.47. The molecule has 4 nitrogen and oxygen atoms in total. The van der Waals surface area contributed by atoms with Crippen LogP contribution in [0.4, 0.5) is 0 Å². The molecule has 0 aromatic carbocycles. The highest BCUT2D eigenvalue weighted by Crippen LogP contribution is 2.17. The predicted molar refractivity (Wildman–Crippen MR) is 57.2 cm³/mol. The average Bonchev–Trinajstić information content (AvgIpc) is 2.39. The number of alkyl halides is 1. The van der Waals surface area contributed by atoms with Crippen LogP contribution in [0.1, 0.15) is 19.8 Å². The normalized spacial score (nSPS) is 21.4. The predicted octanol–water partition coefficient (Wildman–Crippen LogP) is 0.508. The molecule has 1 heterocycles. The molecule has 1 aliphatic heterocycles. The molecule has 0 bridgehead atoms. The van der Waals surface area contributed by atoms with Crippen LogP contribution in [-0.4, -0.2) is 41.2 Å². The summed E-state index contributed by atoms with van der Waals surface area (Å²) in [6.45, 7) is 3.67. The molecule has 1 aliphatic rings. The Labute approximate surface area is 92.2 Å². The van der Waals surface area contributed by atoms with E-state index in [1.54, 1.807) is 0 Å². The Morgan fingerprint density at radius 3 is 2.93 bits per heavy atom. The number of carbonyl (C=O) groups excluding carboxylic acids is 2. The third-order valence-corrected chi connectivity index (χ3v) is 2.76. The van der Waals surface area contributed by atoms with E-state index < -0.39 is 0 Å². The van der Waals surface area contributed by atoms with Crippen molar-refractivity contribution >= 4 is 27.7 Å². The minimum atomic E-state index is -0.0175. The first kappa shape index (κ1) is 11.5. The number of hydrogen-bond donors (Lipinski definition) is 1. The van der Waals surface area contributed by atoms with Gasteiger partial charge in [0.15, 0.2) is 0 Å². The molecule has 0 saturated carbocycles. The zero-order chi connectivity index (χ0) is 10.6. The zero-order valence-corrected chi connectivity index (χ0v) is 9.84. The van der Waals surface area contributed by atoms with Gasteiger partial charge in [0, 0.05) is 37.8 Å². The van der Waals surface area contributed by atoms with E-state index in [9.17, 15) is 9.59 Å². The molecule has 14 heavy (non-hydrogen) atoms. The van der Waals surface area contributed by atoms with Gasteiger partial charge in [0.25, 0.3) is 0 Å². The maximum Gasteiger partial charge on any atom is 0.223 e. The molecule has 1 atom stereocenters. The van der Waals surface area contributed by atoms with Crippen molar-refractivity contribution in [1.29, 1.82) is 0 Å². The second-order valence-electron chi connectivity index (χ2n) is 3.48. The van der Waals surface area contributed by atoms with Crippen LogP contribution >= 0.6 is 15.9 Å². The summed E-state index contributed by atoms with van der Waals surface area (Å²) in [5.41, 5.74) is 0. The molecule has 0 aliphatic carbocycles. The van der Waals surface area contributed by atoms with Gasteiger partial charge in [-0.2, -0.15) is 0 Å². The van der Waals surface area contributed by atoms with Gasteiger partial charge in [0.1, 0.15) is 0 Å². The highest BCUT2D eigenvalue weighted by molar-refractivity contribution is 9.09. The van der Waals surface area contributed by atoms with Gasteiger partial charge in [-0.05, 0) is 6.42 Å². The summed E-state index contributed by atoms with van der Waals surface area (Å²) in [6.07, 6.45) is 1.42. The molecule has 0 aromatic heterocycles. The lowest BCUT2D eigenvalue weighted by Crippen LogP contribution is -2.30. The largest absolute Gasteiger partial charge is 0.356 e. The molecular weight excluding hydrogens is 248 g/mol. The van der Waals surface area contributed by atoms with Crippen LogP contribution in [0.25, 0.3) is 0 Å². The van der Waals surface area contributed by atoms with Crippen LogP contribution in [0.2, 0.25) is 0 Å². The van der Waals surface area contributed by atoms with Crippen molar-refractivity contribution < 1.29 is 9.59 Å². The SMILES string of the molecule is CC(=O)NCCCN1CC(Br)CC1=O. The second-order valence-corrected chi connectivity index (χ2v) is 4.77. The molecule has 1 unspecified atom stereocenters. The number of halogens is 1. The number of nitrogens with one attached hydrogen (secondary N) is 1. The van der Waals surface area contributed by atoms with Crippen molar-refractivity contribution in [1.82, 2.24) is 10.2 Å². The maximum absolute atomic E-state index is 11.3. The molecule has 2 amide bonds. The minimum absolute atomic E-state index is 0.0175. The van der Waals surface area contributed by atoms with Gasteiger partial charge in [-0.3, -0.25) is 9.59 Å². The monoisotopic (exact) mass is 262 g/mol. The summed E-state index contributed by atoms with van der Waals surface area (Å²) in [4.78, 5) is 24.0. The molecule has 1 N–H and O–H groups in total. The molecule has 1 saturated heterocycles. The number of hydrogen-bond acceptors (Lipinski definition) is 2. The van der Waals surface area contributed by atoms with Gasteiger partial charge in [-0.15, -0.1) is 0 Å². The smallest absolute Gasteiger partial charge is 0.223 e. The van der Waals surface area contributed by atoms with Crippen molar-refractivity contribution in [2.75, 3.05) is 19.6 Å². The highest BCUT2D eigenvalue weighted by Gasteiger charge is 2.26. The topological polar surface area (TPSA) is 49.4 Å². The number of rotatable bonds is 4. The molecular formula is C9H15BrN2O2. The number of likely N-dealkylation sites (tertiary alicyclic amines) is 1. The lowest BCUT2D eigenvalue weighted by molar-refractivity contribution is -0.127. The first-order valence-electron chi connectivity index (χ1n) is 4.76. The van der Waals surface area contributed by atoms with Crippen molar-refractivity contribution in [3.8, 4) is 0 Å². The standard InChI is InChI=1S/C9H15BrN2O2/c1-7(13)11-3-2-4-12-6-8(10)5-9(12)14/h8H,2-6H2,1H3,(H,11,13). The third-order valence-electron chi connectivity index (χ3n) is 2.15. The van der Waals surface area contributed by atoms with Crippen LogP contribution in [0.15, 0.2) is 0 Å². The minimum Gasteiger partial charge on any atom is -0.356 e. The van der Waals surface area contributed by atoms with E-state index in [0.29, 0.717) is 17.8 Å². The lowest BCUT2D eigenvalue weighted by atomic mass is 10.4. The van der Waals surface area contributed by atoms with E-state index in [2.05, 4.69) is 21.2 Å². The summed E-state index contributed by atoms with van der Waals surface area (Å²) >= 11 is 3.42. The average molecular weight is 263 g/mol. The van der Waals surface area contributed by atoms with Crippen LogP contribution < -0.4 is 5.32 Å². The molecule has 0 aromatic rings. The maximum atomic E-state index is 11.3. The molecule has 5 heteroatoms. The van der Waals surface area contributed by atoms with Gasteiger partial charge in [0.05, 0.1) is 0 Å². The Morgan fingerprint density at radius 2 is 2.43 bits per heavy atom. The Bertz CT molecular complexity index is 233.